The lowest BCUT2D eigenvalue weighted by atomic mass is 10.1. The van der Waals surface area contributed by atoms with Gasteiger partial charge in [0.15, 0.2) is 5.13 Å². The molecule has 0 aromatic carbocycles. The van der Waals surface area contributed by atoms with Gasteiger partial charge in [-0.25, -0.2) is 13.8 Å². The first-order chi connectivity index (χ1) is 10.5. The van der Waals surface area contributed by atoms with Crippen molar-refractivity contribution in [2.75, 3.05) is 31.6 Å². The van der Waals surface area contributed by atoms with E-state index in [0.29, 0.717) is 24.2 Å². The summed E-state index contributed by atoms with van der Waals surface area (Å²) in [7, 11) is 0. The molecule has 0 radical (unpaired) electrons. The molecule has 1 amide bonds. The molecule has 2 heterocycles. The zero-order valence-corrected chi connectivity index (χ0v) is 13.5. The summed E-state index contributed by atoms with van der Waals surface area (Å²) in [5.41, 5.74) is 0. The summed E-state index contributed by atoms with van der Waals surface area (Å²) in [5.74, 6) is 0.170. The van der Waals surface area contributed by atoms with Gasteiger partial charge >= 0.3 is 0 Å². The van der Waals surface area contributed by atoms with Gasteiger partial charge in [-0.1, -0.05) is 13.8 Å². The Labute approximate surface area is 132 Å². The van der Waals surface area contributed by atoms with Crippen LogP contribution in [0.1, 0.15) is 18.7 Å². The molecule has 1 saturated heterocycles. The highest BCUT2D eigenvalue weighted by atomic mass is 32.1. The van der Waals surface area contributed by atoms with E-state index >= 15 is 0 Å². The number of halogens is 2. The highest BCUT2D eigenvalue weighted by Crippen LogP contribution is 2.22. The molecule has 1 aromatic rings. The highest BCUT2D eigenvalue weighted by Gasteiger charge is 2.31. The van der Waals surface area contributed by atoms with Crippen molar-refractivity contribution in [1.82, 2.24) is 9.88 Å². The average molecular weight is 333 g/mol. The molecule has 1 N–H and O–H groups in total. The van der Waals surface area contributed by atoms with Crippen LogP contribution in [-0.2, 0) is 16.0 Å². The minimum Gasteiger partial charge on any atom is -0.378 e. The van der Waals surface area contributed by atoms with Gasteiger partial charge < -0.3 is 10.1 Å². The number of hydrogen-bond acceptors (Lipinski definition) is 5. The Balaban J connectivity index is 1.96. The third-order valence-corrected chi connectivity index (χ3v) is 4.24. The van der Waals surface area contributed by atoms with E-state index in [9.17, 15) is 13.6 Å². The van der Waals surface area contributed by atoms with Gasteiger partial charge in [-0.2, -0.15) is 0 Å². The summed E-state index contributed by atoms with van der Waals surface area (Å²) in [6.07, 6.45) is 0.178. The van der Waals surface area contributed by atoms with Crippen molar-refractivity contribution in [3.05, 3.63) is 11.1 Å². The Morgan fingerprint density at radius 2 is 2.36 bits per heavy atom. The van der Waals surface area contributed by atoms with Crippen LogP contribution in [0.5, 0.6) is 0 Å². The molecular weight excluding hydrogens is 312 g/mol. The monoisotopic (exact) mass is 333 g/mol. The van der Waals surface area contributed by atoms with Gasteiger partial charge in [0.2, 0.25) is 5.91 Å². The second-order valence-corrected chi connectivity index (χ2v) is 6.81. The minimum absolute atomic E-state index is 0.128. The summed E-state index contributed by atoms with van der Waals surface area (Å²) < 4.78 is 30.4. The Hall–Kier alpha value is -1.12. The third-order valence-electron chi connectivity index (χ3n) is 3.31. The predicted molar refractivity (Wildman–Crippen MR) is 81.5 cm³/mol. The summed E-state index contributed by atoms with van der Waals surface area (Å²) in [5, 5.41) is 3.21. The molecule has 5 nitrogen and oxygen atoms in total. The van der Waals surface area contributed by atoms with E-state index in [4.69, 9.17) is 4.74 Å². The molecule has 0 bridgehead atoms. The topological polar surface area (TPSA) is 54.5 Å². The van der Waals surface area contributed by atoms with E-state index < -0.39 is 19.0 Å². The number of ether oxygens (including phenoxy) is 1. The number of rotatable bonds is 6. The Kier molecular flexibility index (Phi) is 6.22. The van der Waals surface area contributed by atoms with Crippen molar-refractivity contribution in [2.45, 2.75) is 32.7 Å². The molecule has 1 fully saturated rings. The normalized spacial score (nSPS) is 19.8. The summed E-state index contributed by atoms with van der Waals surface area (Å²) in [6, 6.07) is -0.694. The van der Waals surface area contributed by atoms with E-state index in [1.54, 1.807) is 6.20 Å². The van der Waals surface area contributed by atoms with Crippen LogP contribution in [0.2, 0.25) is 0 Å². The Bertz CT molecular complexity index is 496. The molecule has 1 aliphatic rings. The Morgan fingerprint density at radius 3 is 3.05 bits per heavy atom. The number of carbonyl (C=O) groups excluding carboxylic acids is 1. The van der Waals surface area contributed by atoms with Crippen molar-refractivity contribution < 1.29 is 18.3 Å². The first kappa shape index (κ1) is 17.2. The van der Waals surface area contributed by atoms with Crippen molar-refractivity contribution in [1.29, 1.82) is 0 Å². The maximum Gasteiger partial charge on any atom is 0.251 e. The second kappa shape index (κ2) is 7.94. The van der Waals surface area contributed by atoms with Crippen molar-refractivity contribution >= 4 is 22.4 Å². The van der Waals surface area contributed by atoms with Crippen LogP contribution in [0.4, 0.5) is 13.9 Å². The van der Waals surface area contributed by atoms with Crippen LogP contribution < -0.4 is 5.32 Å². The first-order valence-electron chi connectivity index (χ1n) is 7.31. The molecule has 8 heteroatoms. The zero-order valence-electron chi connectivity index (χ0n) is 12.7. The highest BCUT2D eigenvalue weighted by molar-refractivity contribution is 7.15. The lowest BCUT2D eigenvalue weighted by Gasteiger charge is -2.33. The van der Waals surface area contributed by atoms with Crippen LogP contribution in [0.15, 0.2) is 6.20 Å². The van der Waals surface area contributed by atoms with Crippen LogP contribution in [0, 0.1) is 5.92 Å². The number of anilines is 1. The molecule has 124 valence electrons. The SMILES string of the molecule is CC(C)Cc1cnc(NC(=O)C2COCCN2CC(F)F)s1. The van der Waals surface area contributed by atoms with E-state index in [0.717, 1.165) is 11.3 Å². The lowest BCUT2D eigenvalue weighted by Crippen LogP contribution is -2.53. The van der Waals surface area contributed by atoms with Crippen LogP contribution >= 0.6 is 11.3 Å². The van der Waals surface area contributed by atoms with Crippen molar-refractivity contribution in [2.24, 2.45) is 5.92 Å². The predicted octanol–water partition coefficient (Wildman–Crippen LogP) is 2.25. The number of carbonyl (C=O) groups is 1. The largest absolute Gasteiger partial charge is 0.378 e. The standard InChI is InChI=1S/C14H21F2N3O2S/c1-9(2)5-10-6-17-14(22-10)18-13(20)11-8-21-4-3-19(11)7-12(15)16/h6,9,11-12H,3-5,7-8H2,1-2H3,(H,17,18,20). The maximum absolute atomic E-state index is 12.6. The van der Waals surface area contributed by atoms with Gasteiger partial charge in [0, 0.05) is 17.6 Å². The number of aromatic nitrogens is 1. The molecule has 2 rings (SSSR count). The fourth-order valence-electron chi connectivity index (χ4n) is 2.33. The molecule has 1 atom stereocenters. The van der Waals surface area contributed by atoms with Crippen molar-refractivity contribution in [3.8, 4) is 0 Å². The number of hydrogen-bond donors (Lipinski definition) is 1. The maximum atomic E-state index is 12.6. The van der Waals surface area contributed by atoms with E-state index in [-0.39, 0.29) is 12.5 Å². The number of nitrogens with one attached hydrogen (secondary N) is 1. The number of alkyl halides is 2. The average Bonchev–Trinajstić information content (AvgIpc) is 2.84. The molecular formula is C14H21F2N3O2S. The van der Waals surface area contributed by atoms with Crippen LogP contribution in [0.25, 0.3) is 0 Å². The molecule has 22 heavy (non-hydrogen) atoms. The van der Waals surface area contributed by atoms with E-state index in [2.05, 4.69) is 24.1 Å². The number of morpholine rings is 1. The fourth-order valence-corrected chi connectivity index (χ4v) is 3.35. The molecule has 1 aromatic heterocycles. The van der Waals surface area contributed by atoms with Gasteiger partial charge in [0.1, 0.15) is 6.04 Å². The molecule has 1 unspecified atom stereocenters. The number of nitrogens with zero attached hydrogens (tertiary/aromatic N) is 2. The summed E-state index contributed by atoms with van der Waals surface area (Å²) >= 11 is 1.42. The molecule has 1 aliphatic heterocycles. The second-order valence-electron chi connectivity index (χ2n) is 5.70. The molecule has 0 saturated carbocycles. The smallest absolute Gasteiger partial charge is 0.251 e. The summed E-state index contributed by atoms with van der Waals surface area (Å²) in [6.45, 7) is 4.63. The van der Waals surface area contributed by atoms with Crippen molar-refractivity contribution in [3.63, 3.8) is 0 Å². The van der Waals surface area contributed by atoms with Crippen LogP contribution in [-0.4, -0.2) is 54.6 Å². The van der Waals surface area contributed by atoms with E-state index in [1.165, 1.54) is 16.2 Å². The number of thiazole rings is 1. The first-order valence-corrected chi connectivity index (χ1v) is 8.13. The van der Waals surface area contributed by atoms with E-state index in [1.807, 2.05) is 0 Å². The minimum atomic E-state index is -2.47. The Morgan fingerprint density at radius 1 is 1.59 bits per heavy atom. The zero-order chi connectivity index (χ0) is 16.1. The lowest BCUT2D eigenvalue weighted by molar-refractivity contribution is -0.128. The van der Waals surface area contributed by atoms with Gasteiger partial charge in [-0.05, 0) is 12.3 Å². The van der Waals surface area contributed by atoms with Gasteiger partial charge in [-0.3, -0.25) is 9.69 Å². The fraction of sp³-hybridized carbons (Fsp3) is 0.714. The quantitative estimate of drug-likeness (QED) is 0.867. The number of amides is 1. The third kappa shape index (κ3) is 4.96. The molecule has 0 aliphatic carbocycles. The summed E-state index contributed by atoms with van der Waals surface area (Å²) in [4.78, 5) is 19.0. The molecule has 0 spiro atoms. The van der Waals surface area contributed by atoms with Crippen LogP contribution in [0.3, 0.4) is 0 Å². The van der Waals surface area contributed by atoms with Gasteiger partial charge in [-0.15, -0.1) is 11.3 Å². The van der Waals surface area contributed by atoms with Gasteiger partial charge in [0.05, 0.1) is 19.8 Å². The van der Waals surface area contributed by atoms with Gasteiger partial charge in [0.25, 0.3) is 6.43 Å².